The summed E-state index contributed by atoms with van der Waals surface area (Å²) in [6.45, 7) is 10.0. The Morgan fingerprint density at radius 2 is 2.06 bits per heavy atom. The van der Waals surface area contributed by atoms with Crippen molar-refractivity contribution in [3.05, 3.63) is 24.0 Å². The number of nitrogens with one attached hydrogen (secondary N) is 2. The van der Waals surface area contributed by atoms with Gasteiger partial charge in [0.2, 0.25) is 0 Å². The normalized spacial score (nSPS) is 11.1. The molecule has 1 heterocycles. The first-order valence-corrected chi connectivity index (χ1v) is 6.40. The zero-order valence-corrected chi connectivity index (χ0v) is 11.7. The van der Waals surface area contributed by atoms with E-state index in [4.69, 9.17) is 0 Å². The van der Waals surface area contributed by atoms with Crippen LogP contribution in [0.25, 0.3) is 0 Å². The highest BCUT2D eigenvalue weighted by Gasteiger charge is 2.11. The van der Waals surface area contributed by atoms with Crippen LogP contribution in [0, 0.1) is 5.41 Å². The van der Waals surface area contributed by atoms with E-state index in [9.17, 15) is 4.79 Å². The topological polar surface area (TPSA) is 54.0 Å². The van der Waals surface area contributed by atoms with Crippen LogP contribution in [-0.4, -0.2) is 24.0 Å². The molecule has 4 heteroatoms. The fourth-order valence-corrected chi connectivity index (χ4v) is 1.48. The van der Waals surface area contributed by atoms with Crippen molar-refractivity contribution in [1.29, 1.82) is 0 Å². The third-order valence-corrected chi connectivity index (χ3v) is 2.54. The monoisotopic (exact) mass is 249 g/mol. The van der Waals surface area contributed by atoms with Gasteiger partial charge in [-0.2, -0.15) is 0 Å². The number of carbonyl (C=O) groups excluding carboxylic acids is 1. The average Bonchev–Trinajstić information content (AvgIpc) is 2.28. The lowest BCUT2D eigenvalue weighted by Crippen LogP contribution is -2.27. The molecule has 4 nitrogen and oxygen atoms in total. The van der Waals surface area contributed by atoms with Crippen LogP contribution in [0.15, 0.2) is 18.3 Å². The van der Waals surface area contributed by atoms with Crippen molar-refractivity contribution in [2.45, 2.75) is 34.1 Å². The van der Waals surface area contributed by atoms with Crippen LogP contribution in [-0.2, 0) is 0 Å². The van der Waals surface area contributed by atoms with Gasteiger partial charge < -0.3 is 10.6 Å². The molecule has 0 fully saturated rings. The van der Waals surface area contributed by atoms with Crippen LogP contribution >= 0.6 is 0 Å². The van der Waals surface area contributed by atoms with Crippen molar-refractivity contribution >= 4 is 11.6 Å². The molecule has 1 rings (SSSR count). The van der Waals surface area contributed by atoms with E-state index in [2.05, 4.69) is 36.4 Å². The van der Waals surface area contributed by atoms with Crippen LogP contribution in [0.4, 0.5) is 5.69 Å². The predicted molar refractivity (Wildman–Crippen MR) is 74.8 cm³/mol. The van der Waals surface area contributed by atoms with Crippen molar-refractivity contribution in [1.82, 2.24) is 10.3 Å². The summed E-state index contributed by atoms with van der Waals surface area (Å²) in [7, 11) is 0. The number of hydrogen-bond acceptors (Lipinski definition) is 3. The van der Waals surface area contributed by atoms with E-state index in [1.165, 1.54) is 0 Å². The van der Waals surface area contributed by atoms with Crippen LogP contribution in [0.2, 0.25) is 0 Å². The van der Waals surface area contributed by atoms with Crippen LogP contribution in [0.5, 0.6) is 0 Å². The van der Waals surface area contributed by atoms with E-state index < -0.39 is 0 Å². The fourth-order valence-electron chi connectivity index (χ4n) is 1.48. The standard InChI is InChI=1S/C14H23N3O/c1-5-15-11-6-7-12(17-10-11)13(18)16-9-8-14(2,3)4/h6-7,10,15H,5,8-9H2,1-4H3,(H,16,18). The Morgan fingerprint density at radius 1 is 1.33 bits per heavy atom. The summed E-state index contributed by atoms with van der Waals surface area (Å²) in [4.78, 5) is 15.9. The molecule has 2 N–H and O–H groups in total. The smallest absolute Gasteiger partial charge is 0.269 e. The fraction of sp³-hybridized carbons (Fsp3) is 0.571. The van der Waals surface area contributed by atoms with Gasteiger partial charge in [-0.25, -0.2) is 4.98 Å². The number of amides is 1. The zero-order chi connectivity index (χ0) is 13.6. The summed E-state index contributed by atoms with van der Waals surface area (Å²) in [6.07, 6.45) is 2.64. The maximum absolute atomic E-state index is 11.8. The average molecular weight is 249 g/mol. The number of anilines is 1. The minimum atomic E-state index is -0.109. The molecule has 0 aromatic carbocycles. The molecule has 0 radical (unpaired) electrons. The summed E-state index contributed by atoms with van der Waals surface area (Å²) in [5.41, 5.74) is 1.63. The van der Waals surface area contributed by atoms with Gasteiger partial charge in [-0.05, 0) is 30.9 Å². The second-order valence-corrected chi connectivity index (χ2v) is 5.53. The van der Waals surface area contributed by atoms with Gasteiger partial charge in [-0.15, -0.1) is 0 Å². The SMILES string of the molecule is CCNc1ccc(C(=O)NCCC(C)(C)C)nc1. The number of hydrogen-bond donors (Lipinski definition) is 2. The van der Waals surface area contributed by atoms with E-state index in [0.717, 1.165) is 18.7 Å². The number of carbonyl (C=O) groups is 1. The van der Waals surface area contributed by atoms with Gasteiger partial charge in [0.05, 0.1) is 11.9 Å². The Labute approximate surface area is 109 Å². The van der Waals surface area contributed by atoms with Crippen molar-refractivity contribution in [3.8, 4) is 0 Å². The molecule has 0 aliphatic carbocycles. The van der Waals surface area contributed by atoms with Gasteiger partial charge in [-0.1, -0.05) is 20.8 Å². The molecule has 0 aliphatic heterocycles. The Hall–Kier alpha value is -1.58. The molecule has 0 spiro atoms. The van der Waals surface area contributed by atoms with E-state index >= 15 is 0 Å². The van der Waals surface area contributed by atoms with Gasteiger partial charge in [-0.3, -0.25) is 4.79 Å². The molecule has 0 atom stereocenters. The van der Waals surface area contributed by atoms with Gasteiger partial charge in [0.15, 0.2) is 0 Å². The molecule has 100 valence electrons. The largest absolute Gasteiger partial charge is 0.384 e. The highest BCUT2D eigenvalue weighted by molar-refractivity contribution is 5.92. The lowest BCUT2D eigenvalue weighted by Gasteiger charge is -2.17. The maximum Gasteiger partial charge on any atom is 0.269 e. The van der Waals surface area contributed by atoms with Crippen molar-refractivity contribution in [3.63, 3.8) is 0 Å². The predicted octanol–water partition coefficient (Wildman–Crippen LogP) is 2.68. The second kappa shape index (κ2) is 6.38. The highest BCUT2D eigenvalue weighted by atomic mass is 16.1. The third-order valence-electron chi connectivity index (χ3n) is 2.54. The Morgan fingerprint density at radius 3 is 2.56 bits per heavy atom. The first-order chi connectivity index (χ1) is 8.42. The van der Waals surface area contributed by atoms with Crippen molar-refractivity contribution < 1.29 is 4.79 Å². The maximum atomic E-state index is 11.8. The molecule has 0 bridgehead atoms. The van der Waals surface area contributed by atoms with E-state index in [0.29, 0.717) is 12.2 Å². The summed E-state index contributed by atoms with van der Waals surface area (Å²) >= 11 is 0. The first-order valence-electron chi connectivity index (χ1n) is 6.40. The zero-order valence-electron chi connectivity index (χ0n) is 11.7. The molecular formula is C14H23N3O. The number of rotatable bonds is 5. The summed E-state index contributed by atoms with van der Waals surface area (Å²) in [6, 6.07) is 3.61. The van der Waals surface area contributed by atoms with E-state index in [1.54, 1.807) is 12.3 Å². The molecular weight excluding hydrogens is 226 g/mol. The molecule has 18 heavy (non-hydrogen) atoms. The third kappa shape index (κ3) is 5.17. The molecule has 0 aliphatic rings. The molecule has 1 aromatic heterocycles. The Balaban J connectivity index is 2.46. The van der Waals surface area contributed by atoms with Gasteiger partial charge in [0.25, 0.3) is 5.91 Å². The lowest BCUT2D eigenvalue weighted by atomic mass is 9.92. The van der Waals surface area contributed by atoms with Gasteiger partial charge in [0, 0.05) is 13.1 Å². The highest BCUT2D eigenvalue weighted by Crippen LogP contribution is 2.17. The van der Waals surface area contributed by atoms with Crippen molar-refractivity contribution in [2.24, 2.45) is 5.41 Å². The summed E-state index contributed by atoms with van der Waals surface area (Å²) in [5.74, 6) is -0.109. The number of nitrogens with zero attached hydrogens (tertiary/aromatic N) is 1. The Kier molecular flexibility index (Phi) is 5.13. The van der Waals surface area contributed by atoms with Gasteiger partial charge in [0.1, 0.15) is 5.69 Å². The van der Waals surface area contributed by atoms with E-state index in [-0.39, 0.29) is 11.3 Å². The molecule has 1 amide bonds. The summed E-state index contributed by atoms with van der Waals surface area (Å²) in [5, 5.41) is 6.03. The molecule has 0 saturated heterocycles. The van der Waals surface area contributed by atoms with Crippen LogP contribution in [0.1, 0.15) is 44.6 Å². The van der Waals surface area contributed by atoms with Crippen LogP contribution in [0.3, 0.4) is 0 Å². The number of aromatic nitrogens is 1. The number of pyridine rings is 1. The molecule has 0 saturated carbocycles. The van der Waals surface area contributed by atoms with E-state index in [1.807, 2.05) is 13.0 Å². The second-order valence-electron chi connectivity index (χ2n) is 5.53. The van der Waals surface area contributed by atoms with Crippen LogP contribution < -0.4 is 10.6 Å². The quantitative estimate of drug-likeness (QED) is 0.843. The first kappa shape index (κ1) is 14.5. The van der Waals surface area contributed by atoms with Gasteiger partial charge >= 0.3 is 0 Å². The Bertz CT molecular complexity index is 379. The minimum absolute atomic E-state index is 0.109. The van der Waals surface area contributed by atoms with Crippen molar-refractivity contribution in [2.75, 3.05) is 18.4 Å². The lowest BCUT2D eigenvalue weighted by molar-refractivity contribution is 0.0944. The minimum Gasteiger partial charge on any atom is -0.384 e. The molecule has 1 aromatic rings. The summed E-state index contributed by atoms with van der Waals surface area (Å²) < 4.78 is 0. The molecule has 0 unspecified atom stereocenters.